The minimum atomic E-state index is -0.594. The highest BCUT2D eigenvalue weighted by Gasteiger charge is 2.35. The number of anilines is 1. The van der Waals surface area contributed by atoms with E-state index in [-0.39, 0.29) is 11.7 Å². The fourth-order valence-corrected chi connectivity index (χ4v) is 2.60. The number of nitrogens with zero attached hydrogens (tertiary/aromatic N) is 1. The summed E-state index contributed by atoms with van der Waals surface area (Å²) in [5.41, 5.74) is -0.00495. The number of amides is 1. The van der Waals surface area contributed by atoms with E-state index in [0.717, 1.165) is 26.2 Å². The maximum atomic E-state index is 13.2. The molecule has 1 saturated heterocycles. The van der Waals surface area contributed by atoms with Crippen LogP contribution in [0.15, 0.2) is 22.7 Å². The van der Waals surface area contributed by atoms with Crippen LogP contribution < -0.4 is 10.6 Å². The van der Waals surface area contributed by atoms with Crippen molar-refractivity contribution in [2.24, 2.45) is 0 Å². The SMILES string of the molecule is CC(C)(C(=O)Nc1ccc(F)c(Br)c1)N1CCNCC1. The van der Waals surface area contributed by atoms with Crippen LogP contribution in [0.3, 0.4) is 0 Å². The van der Waals surface area contributed by atoms with E-state index in [1.54, 1.807) is 12.1 Å². The molecule has 0 aromatic heterocycles. The van der Waals surface area contributed by atoms with Crippen LogP contribution in [0.25, 0.3) is 0 Å². The highest BCUT2D eigenvalue weighted by atomic mass is 79.9. The van der Waals surface area contributed by atoms with Gasteiger partial charge in [-0.15, -0.1) is 0 Å². The number of halogens is 2. The fraction of sp³-hybridized carbons (Fsp3) is 0.500. The number of piperazine rings is 1. The lowest BCUT2D eigenvalue weighted by Crippen LogP contribution is -2.58. The van der Waals surface area contributed by atoms with Crippen LogP contribution in [0.1, 0.15) is 13.8 Å². The number of hydrogen-bond donors (Lipinski definition) is 2. The monoisotopic (exact) mass is 343 g/mol. The van der Waals surface area contributed by atoms with Crippen LogP contribution in [-0.2, 0) is 4.79 Å². The summed E-state index contributed by atoms with van der Waals surface area (Å²) in [4.78, 5) is 14.6. The van der Waals surface area contributed by atoms with Crippen LogP contribution in [0.2, 0.25) is 0 Å². The first-order chi connectivity index (χ1) is 9.41. The molecule has 110 valence electrons. The Hall–Kier alpha value is -0.980. The molecule has 1 aliphatic rings. The fourth-order valence-electron chi connectivity index (χ4n) is 2.23. The summed E-state index contributed by atoms with van der Waals surface area (Å²) in [5.74, 6) is -0.428. The van der Waals surface area contributed by atoms with E-state index in [4.69, 9.17) is 0 Å². The Balaban J connectivity index is 2.07. The van der Waals surface area contributed by atoms with Crippen molar-refractivity contribution in [3.05, 3.63) is 28.5 Å². The number of carbonyl (C=O) groups excluding carboxylic acids is 1. The van der Waals surface area contributed by atoms with E-state index < -0.39 is 5.54 Å². The molecule has 6 heteroatoms. The normalized spacial score (nSPS) is 17.0. The largest absolute Gasteiger partial charge is 0.324 e. The number of nitrogens with one attached hydrogen (secondary N) is 2. The molecule has 0 aliphatic carbocycles. The molecule has 4 nitrogen and oxygen atoms in total. The molecular formula is C14H19BrFN3O. The van der Waals surface area contributed by atoms with Gasteiger partial charge in [-0.1, -0.05) is 0 Å². The molecule has 1 fully saturated rings. The highest BCUT2D eigenvalue weighted by molar-refractivity contribution is 9.10. The van der Waals surface area contributed by atoms with E-state index in [2.05, 4.69) is 31.5 Å². The van der Waals surface area contributed by atoms with E-state index >= 15 is 0 Å². The van der Waals surface area contributed by atoms with Gasteiger partial charge in [0, 0.05) is 31.9 Å². The summed E-state index contributed by atoms with van der Waals surface area (Å²) < 4.78 is 13.5. The molecule has 1 aromatic carbocycles. The van der Waals surface area contributed by atoms with Crippen molar-refractivity contribution >= 4 is 27.5 Å². The van der Waals surface area contributed by atoms with Gasteiger partial charge in [0.1, 0.15) is 5.82 Å². The molecule has 0 bridgehead atoms. The van der Waals surface area contributed by atoms with Crippen molar-refractivity contribution in [1.82, 2.24) is 10.2 Å². The lowest BCUT2D eigenvalue weighted by molar-refractivity contribution is -0.126. The average molecular weight is 344 g/mol. The minimum Gasteiger partial charge on any atom is -0.324 e. The average Bonchev–Trinajstić information content (AvgIpc) is 2.44. The van der Waals surface area contributed by atoms with Gasteiger partial charge in [0.25, 0.3) is 0 Å². The molecule has 0 unspecified atom stereocenters. The summed E-state index contributed by atoms with van der Waals surface area (Å²) in [6.07, 6.45) is 0. The predicted molar refractivity (Wildman–Crippen MR) is 81.3 cm³/mol. The van der Waals surface area contributed by atoms with Gasteiger partial charge in [-0.3, -0.25) is 9.69 Å². The lowest BCUT2D eigenvalue weighted by Gasteiger charge is -2.39. The molecule has 0 spiro atoms. The van der Waals surface area contributed by atoms with Crippen molar-refractivity contribution in [1.29, 1.82) is 0 Å². The summed E-state index contributed by atoms with van der Waals surface area (Å²) in [6, 6.07) is 4.46. The third-order valence-electron chi connectivity index (χ3n) is 3.64. The molecular weight excluding hydrogens is 325 g/mol. The second-order valence-electron chi connectivity index (χ2n) is 5.38. The zero-order valence-corrected chi connectivity index (χ0v) is 13.3. The Morgan fingerprint density at radius 2 is 2.05 bits per heavy atom. The third-order valence-corrected chi connectivity index (χ3v) is 4.25. The van der Waals surface area contributed by atoms with Crippen LogP contribution in [0.4, 0.5) is 10.1 Å². The van der Waals surface area contributed by atoms with Gasteiger partial charge in [-0.2, -0.15) is 0 Å². The third kappa shape index (κ3) is 3.37. The Labute approximate surface area is 126 Å². The molecule has 1 heterocycles. The van der Waals surface area contributed by atoms with Crippen molar-refractivity contribution < 1.29 is 9.18 Å². The first-order valence-electron chi connectivity index (χ1n) is 6.63. The van der Waals surface area contributed by atoms with Crippen molar-refractivity contribution in [3.63, 3.8) is 0 Å². The number of rotatable bonds is 3. The highest BCUT2D eigenvalue weighted by Crippen LogP contribution is 2.22. The van der Waals surface area contributed by atoms with Crippen molar-refractivity contribution in [3.8, 4) is 0 Å². The maximum absolute atomic E-state index is 13.2. The molecule has 1 aromatic rings. The van der Waals surface area contributed by atoms with Crippen LogP contribution in [0.5, 0.6) is 0 Å². The van der Waals surface area contributed by atoms with E-state index in [0.29, 0.717) is 10.2 Å². The predicted octanol–water partition coefficient (Wildman–Crippen LogP) is 2.21. The summed E-state index contributed by atoms with van der Waals surface area (Å²) >= 11 is 3.12. The second kappa shape index (κ2) is 6.20. The standard InChI is InChI=1S/C14H19BrFN3O/c1-14(2,19-7-5-17-6-8-19)13(20)18-10-3-4-12(16)11(15)9-10/h3-4,9,17H,5-8H2,1-2H3,(H,18,20). The molecule has 20 heavy (non-hydrogen) atoms. The van der Waals surface area contributed by atoms with Gasteiger partial charge >= 0.3 is 0 Å². The first-order valence-corrected chi connectivity index (χ1v) is 7.43. The minimum absolute atomic E-state index is 0.0853. The summed E-state index contributed by atoms with van der Waals surface area (Å²) in [6.45, 7) is 7.27. The smallest absolute Gasteiger partial charge is 0.244 e. The molecule has 0 radical (unpaired) electrons. The topological polar surface area (TPSA) is 44.4 Å². The van der Waals surface area contributed by atoms with Gasteiger partial charge in [0.2, 0.25) is 5.91 Å². The Bertz CT molecular complexity index is 501. The van der Waals surface area contributed by atoms with Gasteiger partial charge < -0.3 is 10.6 Å². The van der Waals surface area contributed by atoms with Crippen molar-refractivity contribution in [2.45, 2.75) is 19.4 Å². The molecule has 0 atom stereocenters. The maximum Gasteiger partial charge on any atom is 0.244 e. The molecule has 2 rings (SSSR count). The van der Waals surface area contributed by atoms with Crippen LogP contribution in [0, 0.1) is 5.82 Å². The molecule has 2 N–H and O–H groups in total. The van der Waals surface area contributed by atoms with Gasteiger partial charge in [0.05, 0.1) is 10.0 Å². The quantitative estimate of drug-likeness (QED) is 0.884. The Kier molecular flexibility index (Phi) is 4.78. The van der Waals surface area contributed by atoms with E-state index in [9.17, 15) is 9.18 Å². The zero-order valence-electron chi connectivity index (χ0n) is 11.7. The number of hydrogen-bond acceptors (Lipinski definition) is 3. The summed E-state index contributed by atoms with van der Waals surface area (Å²) in [5, 5.41) is 6.12. The number of carbonyl (C=O) groups is 1. The Morgan fingerprint density at radius 3 is 2.65 bits per heavy atom. The van der Waals surface area contributed by atoms with Crippen LogP contribution >= 0.6 is 15.9 Å². The van der Waals surface area contributed by atoms with Gasteiger partial charge in [-0.05, 0) is 48.0 Å². The molecule has 0 saturated carbocycles. The Morgan fingerprint density at radius 1 is 1.40 bits per heavy atom. The van der Waals surface area contributed by atoms with Gasteiger partial charge in [-0.25, -0.2) is 4.39 Å². The van der Waals surface area contributed by atoms with E-state index in [1.165, 1.54) is 6.07 Å². The van der Waals surface area contributed by atoms with Crippen molar-refractivity contribution in [2.75, 3.05) is 31.5 Å². The molecule has 1 aliphatic heterocycles. The number of benzene rings is 1. The van der Waals surface area contributed by atoms with E-state index in [1.807, 2.05) is 13.8 Å². The first kappa shape index (κ1) is 15.4. The zero-order chi connectivity index (χ0) is 14.8. The lowest BCUT2D eigenvalue weighted by atomic mass is 10.0. The second-order valence-corrected chi connectivity index (χ2v) is 6.23. The van der Waals surface area contributed by atoms with Gasteiger partial charge in [0.15, 0.2) is 0 Å². The summed E-state index contributed by atoms with van der Waals surface area (Å²) in [7, 11) is 0. The molecule has 1 amide bonds. The van der Waals surface area contributed by atoms with Crippen LogP contribution in [-0.4, -0.2) is 42.5 Å².